The maximum absolute atomic E-state index is 13.9. The quantitative estimate of drug-likeness (QED) is 0.715. The summed E-state index contributed by atoms with van der Waals surface area (Å²) in [6, 6.07) is 3.10. The predicted molar refractivity (Wildman–Crippen MR) is 93.7 cm³/mol. The summed E-state index contributed by atoms with van der Waals surface area (Å²) in [5, 5.41) is 11.4. The van der Waals surface area contributed by atoms with Crippen LogP contribution in [0.15, 0.2) is 35.7 Å². The van der Waals surface area contributed by atoms with Gasteiger partial charge in [0.25, 0.3) is 5.91 Å². The van der Waals surface area contributed by atoms with Gasteiger partial charge in [-0.05, 0) is 18.2 Å². The minimum Gasteiger partial charge on any atom is -0.296 e. The average Bonchev–Trinajstić information content (AvgIpc) is 3.02. The molecule has 0 saturated carbocycles. The summed E-state index contributed by atoms with van der Waals surface area (Å²) in [4.78, 5) is 11.7. The third-order valence-electron chi connectivity index (χ3n) is 3.06. The molecule has 2 N–H and O–H groups in total. The number of nitrogens with zero attached hydrogens (tertiary/aromatic N) is 2. The number of nitrogens with one attached hydrogen (secondary N) is 2. The zero-order valence-corrected chi connectivity index (χ0v) is 15.2. The Hall–Kier alpha value is -2.17. The van der Waals surface area contributed by atoms with Crippen molar-refractivity contribution in [1.82, 2.24) is 14.9 Å². The van der Waals surface area contributed by atoms with Gasteiger partial charge in [0.1, 0.15) is 15.7 Å². The smallest absolute Gasteiger partial charge is 0.257 e. The number of aromatic nitrogens is 2. The Labute approximate surface area is 149 Å². The highest BCUT2D eigenvalue weighted by Crippen LogP contribution is 2.23. The van der Waals surface area contributed by atoms with Crippen molar-refractivity contribution in [3.05, 3.63) is 47.2 Å². The van der Waals surface area contributed by atoms with E-state index >= 15 is 0 Å². The highest BCUT2D eigenvalue weighted by Gasteiger charge is 2.21. The lowest BCUT2D eigenvalue weighted by atomic mass is 10.2. The van der Waals surface area contributed by atoms with Crippen molar-refractivity contribution in [1.29, 1.82) is 0 Å². The minimum atomic E-state index is -4.09. The van der Waals surface area contributed by atoms with Crippen LogP contribution in [0.25, 0.3) is 0 Å². The number of amides is 1. The van der Waals surface area contributed by atoms with Gasteiger partial charge in [-0.25, -0.2) is 17.5 Å². The van der Waals surface area contributed by atoms with Crippen LogP contribution in [-0.4, -0.2) is 31.1 Å². The van der Waals surface area contributed by atoms with E-state index in [1.165, 1.54) is 23.5 Å². The maximum Gasteiger partial charge on any atom is 0.257 e. The fourth-order valence-corrected chi connectivity index (χ4v) is 3.63. The molecule has 0 spiro atoms. The van der Waals surface area contributed by atoms with Gasteiger partial charge in [0.05, 0.1) is 0 Å². The van der Waals surface area contributed by atoms with Crippen LogP contribution in [0.3, 0.4) is 0 Å². The van der Waals surface area contributed by atoms with E-state index in [2.05, 4.69) is 26.8 Å². The molecule has 1 aromatic carbocycles. The number of sulfonamides is 1. The van der Waals surface area contributed by atoms with Gasteiger partial charge in [0, 0.05) is 18.0 Å². The van der Waals surface area contributed by atoms with Crippen molar-refractivity contribution in [3.8, 4) is 0 Å². The number of carbonyl (C=O) groups is 1. The largest absolute Gasteiger partial charge is 0.296 e. The molecule has 1 amide bonds. The second kappa shape index (κ2) is 7.81. The number of rotatable bonds is 7. The summed E-state index contributed by atoms with van der Waals surface area (Å²) in [5.41, 5.74) is -0.0123. The SMILES string of the molecule is C=CCNS(=O)(=O)c1cc(C(=O)Nc2nnc(C(C)C)s2)ccc1F. The van der Waals surface area contributed by atoms with Gasteiger partial charge >= 0.3 is 0 Å². The number of halogens is 1. The second-order valence-electron chi connectivity index (χ2n) is 5.34. The van der Waals surface area contributed by atoms with Gasteiger partial charge in [-0.2, -0.15) is 0 Å². The molecule has 1 heterocycles. The summed E-state index contributed by atoms with van der Waals surface area (Å²) in [7, 11) is -4.09. The molecule has 2 rings (SSSR count). The Morgan fingerprint density at radius 1 is 1.40 bits per heavy atom. The van der Waals surface area contributed by atoms with Crippen LogP contribution in [0.4, 0.5) is 9.52 Å². The van der Waals surface area contributed by atoms with Crippen LogP contribution in [0, 0.1) is 5.82 Å². The van der Waals surface area contributed by atoms with Gasteiger partial charge in [-0.15, -0.1) is 16.8 Å². The lowest BCUT2D eigenvalue weighted by Crippen LogP contribution is -2.25. The fraction of sp³-hybridized carbons (Fsp3) is 0.267. The fourth-order valence-electron chi connectivity index (χ4n) is 1.78. The topological polar surface area (TPSA) is 101 Å². The van der Waals surface area contributed by atoms with E-state index in [1.54, 1.807) is 0 Å². The van der Waals surface area contributed by atoms with Crippen LogP contribution >= 0.6 is 11.3 Å². The van der Waals surface area contributed by atoms with Crippen molar-refractivity contribution in [2.45, 2.75) is 24.7 Å². The van der Waals surface area contributed by atoms with E-state index in [-0.39, 0.29) is 23.2 Å². The Morgan fingerprint density at radius 3 is 2.72 bits per heavy atom. The zero-order valence-electron chi connectivity index (χ0n) is 13.6. The molecule has 0 radical (unpaired) electrons. The molecule has 0 saturated heterocycles. The monoisotopic (exact) mass is 384 g/mol. The van der Waals surface area contributed by atoms with Crippen molar-refractivity contribution in [2.24, 2.45) is 0 Å². The molecule has 7 nitrogen and oxygen atoms in total. The van der Waals surface area contributed by atoms with Crippen molar-refractivity contribution >= 4 is 32.4 Å². The van der Waals surface area contributed by atoms with Crippen molar-refractivity contribution < 1.29 is 17.6 Å². The third kappa shape index (κ3) is 4.68. The molecule has 0 bridgehead atoms. The highest BCUT2D eigenvalue weighted by molar-refractivity contribution is 7.89. The lowest BCUT2D eigenvalue weighted by molar-refractivity contribution is 0.102. The average molecular weight is 384 g/mol. The van der Waals surface area contributed by atoms with Crippen LogP contribution < -0.4 is 10.0 Å². The minimum absolute atomic E-state index is 0.0123. The van der Waals surface area contributed by atoms with E-state index in [1.807, 2.05) is 13.8 Å². The molecular weight excluding hydrogens is 367 g/mol. The standard InChI is InChI=1S/C15H17FN4O3S2/c1-4-7-17-25(22,23)12-8-10(5-6-11(12)16)13(21)18-15-20-19-14(24-15)9(2)3/h4-6,8-9,17H,1,7H2,2-3H3,(H,18,20,21). The molecule has 0 atom stereocenters. The Balaban J connectivity index is 2.25. The summed E-state index contributed by atoms with van der Waals surface area (Å²) in [5.74, 6) is -1.39. The van der Waals surface area contributed by atoms with Crippen LogP contribution in [0.2, 0.25) is 0 Å². The summed E-state index contributed by atoms with van der Waals surface area (Å²) in [6.07, 6.45) is 1.33. The third-order valence-corrected chi connectivity index (χ3v) is 5.63. The number of benzene rings is 1. The van der Waals surface area contributed by atoms with Crippen LogP contribution in [0.5, 0.6) is 0 Å². The summed E-state index contributed by atoms with van der Waals surface area (Å²) >= 11 is 1.22. The molecule has 0 aliphatic rings. The van der Waals surface area contributed by atoms with E-state index < -0.39 is 26.6 Å². The number of anilines is 1. The highest BCUT2D eigenvalue weighted by atomic mass is 32.2. The van der Waals surface area contributed by atoms with E-state index in [0.29, 0.717) is 0 Å². The van der Waals surface area contributed by atoms with E-state index in [9.17, 15) is 17.6 Å². The summed E-state index contributed by atoms with van der Waals surface area (Å²) in [6.45, 7) is 7.22. The zero-order chi connectivity index (χ0) is 18.6. The van der Waals surface area contributed by atoms with Gasteiger partial charge in [-0.3, -0.25) is 10.1 Å². The first kappa shape index (κ1) is 19.2. The normalized spacial score (nSPS) is 11.5. The van der Waals surface area contributed by atoms with Crippen molar-refractivity contribution in [3.63, 3.8) is 0 Å². The molecule has 2 aromatic rings. The van der Waals surface area contributed by atoms with Gasteiger partial charge in [0.15, 0.2) is 0 Å². The molecule has 1 aromatic heterocycles. The Kier molecular flexibility index (Phi) is 5.98. The van der Waals surface area contributed by atoms with Gasteiger partial charge in [0.2, 0.25) is 15.2 Å². The molecule has 10 heteroatoms. The Bertz CT molecular complexity index is 894. The van der Waals surface area contributed by atoms with E-state index in [4.69, 9.17) is 0 Å². The molecular formula is C15H17FN4O3S2. The molecule has 134 valence electrons. The van der Waals surface area contributed by atoms with Gasteiger partial charge < -0.3 is 0 Å². The van der Waals surface area contributed by atoms with Crippen molar-refractivity contribution in [2.75, 3.05) is 11.9 Å². The van der Waals surface area contributed by atoms with Crippen LogP contribution in [0.1, 0.15) is 35.1 Å². The van der Waals surface area contributed by atoms with Crippen LogP contribution in [-0.2, 0) is 10.0 Å². The number of hydrogen-bond donors (Lipinski definition) is 2. The maximum atomic E-state index is 13.9. The van der Waals surface area contributed by atoms with E-state index in [0.717, 1.165) is 17.1 Å². The molecule has 0 unspecified atom stereocenters. The summed E-state index contributed by atoms with van der Waals surface area (Å²) < 4.78 is 40.2. The first-order chi connectivity index (χ1) is 11.7. The predicted octanol–water partition coefficient (Wildman–Crippen LogP) is 2.52. The lowest BCUT2D eigenvalue weighted by Gasteiger charge is -2.08. The van der Waals surface area contributed by atoms with Gasteiger partial charge in [-0.1, -0.05) is 31.3 Å². The number of hydrogen-bond acceptors (Lipinski definition) is 6. The second-order valence-corrected chi connectivity index (χ2v) is 8.08. The molecule has 0 aliphatic heterocycles. The molecule has 0 fully saturated rings. The molecule has 25 heavy (non-hydrogen) atoms. The first-order valence-corrected chi connectivity index (χ1v) is 9.59. The first-order valence-electron chi connectivity index (χ1n) is 7.29. The molecule has 0 aliphatic carbocycles. The Morgan fingerprint density at radius 2 is 2.12 bits per heavy atom. The number of carbonyl (C=O) groups excluding carboxylic acids is 1.